The highest BCUT2D eigenvalue weighted by Gasteiger charge is 2.02. The van der Waals surface area contributed by atoms with Crippen molar-refractivity contribution in [3.63, 3.8) is 0 Å². The monoisotopic (exact) mass is 365 g/mol. The van der Waals surface area contributed by atoms with Crippen LogP contribution in [0, 0.1) is 0 Å². The molecule has 6 heteroatoms. The summed E-state index contributed by atoms with van der Waals surface area (Å²) in [5.41, 5.74) is 4.75. The summed E-state index contributed by atoms with van der Waals surface area (Å²) < 4.78 is 5.72. The van der Waals surface area contributed by atoms with Crippen LogP contribution >= 0.6 is 11.6 Å². The molecular formula is C20H16ClN3O2. The first-order chi connectivity index (χ1) is 12.7. The molecule has 0 fully saturated rings. The van der Waals surface area contributed by atoms with E-state index in [9.17, 15) is 4.79 Å². The molecule has 5 nitrogen and oxygen atoms in total. The maximum atomic E-state index is 11.8. The summed E-state index contributed by atoms with van der Waals surface area (Å²) in [6.07, 6.45) is 4.65. The number of halogens is 1. The van der Waals surface area contributed by atoms with Crippen molar-refractivity contribution in [2.75, 3.05) is 0 Å². The zero-order valence-corrected chi connectivity index (χ0v) is 14.6. The lowest BCUT2D eigenvalue weighted by Gasteiger charge is -2.06. The summed E-state index contributed by atoms with van der Waals surface area (Å²) in [7, 11) is 0. The van der Waals surface area contributed by atoms with Gasteiger partial charge in [-0.05, 0) is 59.7 Å². The van der Waals surface area contributed by atoms with E-state index in [1.807, 2.05) is 48.5 Å². The summed E-state index contributed by atoms with van der Waals surface area (Å²) in [5, 5.41) is 4.63. The van der Waals surface area contributed by atoms with E-state index in [-0.39, 0.29) is 5.91 Å². The molecular weight excluding hydrogens is 350 g/mol. The van der Waals surface area contributed by atoms with E-state index in [1.165, 1.54) is 6.20 Å². The highest BCUT2D eigenvalue weighted by atomic mass is 35.5. The number of hydrazone groups is 1. The van der Waals surface area contributed by atoms with Crippen LogP contribution in [0.3, 0.4) is 0 Å². The fourth-order valence-corrected chi connectivity index (χ4v) is 2.38. The van der Waals surface area contributed by atoms with Gasteiger partial charge < -0.3 is 4.74 Å². The van der Waals surface area contributed by atoms with Gasteiger partial charge in [-0.1, -0.05) is 23.7 Å². The van der Waals surface area contributed by atoms with Gasteiger partial charge in [0, 0.05) is 17.4 Å². The molecule has 1 aromatic heterocycles. The number of benzene rings is 2. The van der Waals surface area contributed by atoms with Crippen LogP contribution in [0.1, 0.15) is 21.5 Å². The lowest BCUT2D eigenvalue weighted by Crippen LogP contribution is -2.17. The van der Waals surface area contributed by atoms with Crippen LogP contribution in [0.25, 0.3) is 0 Å². The molecule has 0 aliphatic carbocycles. The van der Waals surface area contributed by atoms with Crippen molar-refractivity contribution in [1.82, 2.24) is 10.4 Å². The molecule has 3 aromatic rings. The molecule has 0 saturated heterocycles. The van der Waals surface area contributed by atoms with E-state index in [4.69, 9.17) is 16.3 Å². The Kier molecular flexibility index (Phi) is 5.96. The first-order valence-corrected chi connectivity index (χ1v) is 8.29. The molecule has 130 valence electrons. The lowest BCUT2D eigenvalue weighted by atomic mass is 10.2. The van der Waals surface area contributed by atoms with Crippen molar-refractivity contribution in [2.24, 2.45) is 5.10 Å². The Morgan fingerprint density at radius 2 is 2.00 bits per heavy atom. The Labute approximate surface area is 156 Å². The maximum Gasteiger partial charge on any atom is 0.272 e. The molecule has 0 radical (unpaired) electrons. The third-order valence-corrected chi connectivity index (χ3v) is 3.71. The van der Waals surface area contributed by atoms with Crippen LogP contribution in [-0.2, 0) is 6.61 Å². The van der Waals surface area contributed by atoms with Gasteiger partial charge in [0.05, 0.1) is 11.8 Å². The SMILES string of the molecule is O=C(N/N=C/c1ccc(OCc2cccc(Cl)c2)cc1)c1cccnc1. The van der Waals surface area contributed by atoms with Crippen LogP contribution in [0.15, 0.2) is 78.2 Å². The minimum atomic E-state index is -0.309. The third-order valence-electron chi connectivity index (χ3n) is 3.48. The summed E-state index contributed by atoms with van der Waals surface area (Å²) in [4.78, 5) is 15.7. The standard InChI is InChI=1S/C20H16ClN3O2/c21-18-5-1-3-16(11-18)14-26-19-8-6-15(7-9-19)12-23-24-20(25)17-4-2-10-22-13-17/h1-13H,14H2,(H,24,25)/b23-12+. The fraction of sp³-hybridized carbons (Fsp3) is 0.0500. The summed E-state index contributed by atoms with van der Waals surface area (Å²) >= 11 is 5.95. The predicted octanol–water partition coefficient (Wildman–Crippen LogP) is 4.08. The molecule has 0 saturated carbocycles. The van der Waals surface area contributed by atoms with Crippen molar-refractivity contribution in [2.45, 2.75) is 6.61 Å². The number of pyridine rings is 1. The van der Waals surface area contributed by atoms with Gasteiger partial charge in [0.1, 0.15) is 12.4 Å². The largest absolute Gasteiger partial charge is 0.489 e. The molecule has 0 aliphatic rings. The van der Waals surface area contributed by atoms with Gasteiger partial charge >= 0.3 is 0 Å². The third kappa shape index (κ3) is 5.16. The van der Waals surface area contributed by atoms with E-state index in [0.717, 1.165) is 16.9 Å². The predicted molar refractivity (Wildman–Crippen MR) is 102 cm³/mol. The molecule has 1 amide bonds. The number of carbonyl (C=O) groups is 1. The second-order valence-corrected chi connectivity index (χ2v) is 5.86. The number of ether oxygens (including phenoxy) is 1. The smallest absolute Gasteiger partial charge is 0.272 e. The van der Waals surface area contributed by atoms with Gasteiger partial charge in [-0.15, -0.1) is 0 Å². The number of nitrogens with zero attached hydrogens (tertiary/aromatic N) is 2. The molecule has 0 bridgehead atoms. The highest BCUT2D eigenvalue weighted by Crippen LogP contribution is 2.15. The molecule has 2 aromatic carbocycles. The highest BCUT2D eigenvalue weighted by molar-refractivity contribution is 6.30. The minimum Gasteiger partial charge on any atom is -0.489 e. The second-order valence-electron chi connectivity index (χ2n) is 5.43. The van der Waals surface area contributed by atoms with Gasteiger partial charge in [-0.25, -0.2) is 5.43 Å². The van der Waals surface area contributed by atoms with Gasteiger partial charge in [0.25, 0.3) is 5.91 Å². The van der Waals surface area contributed by atoms with E-state index in [2.05, 4.69) is 15.5 Å². The molecule has 0 aliphatic heterocycles. The zero-order valence-electron chi connectivity index (χ0n) is 13.8. The van der Waals surface area contributed by atoms with Gasteiger partial charge in [-0.2, -0.15) is 5.10 Å². The van der Waals surface area contributed by atoms with Gasteiger partial charge in [-0.3, -0.25) is 9.78 Å². The molecule has 0 atom stereocenters. The van der Waals surface area contributed by atoms with Crippen molar-refractivity contribution < 1.29 is 9.53 Å². The topological polar surface area (TPSA) is 63.6 Å². The molecule has 0 spiro atoms. The summed E-state index contributed by atoms with van der Waals surface area (Å²) in [6.45, 7) is 0.440. The summed E-state index contributed by atoms with van der Waals surface area (Å²) in [6, 6.07) is 18.3. The number of hydrogen-bond donors (Lipinski definition) is 1. The Morgan fingerprint density at radius 3 is 2.73 bits per heavy atom. The number of hydrogen-bond acceptors (Lipinski definition) is 4. The van der Waals surface area contributed by atoms with Crippen molar-refractivity contribution in [3.05, 3.63) is 94.8 Å². The average Bonchev–Trinajstić information content (AvgIpc) is 2.68. The molecule has 3 rings (SSSR count). The Bertz CT molecular complexity index is 896. The first kappa shape index (κ1) is 17.6. The Morgan fingerprint density at radius 1 is 1.15 bits per heavy atom. The van der Waals surface area contributed by atoms with Gasteiger partial charge in [0.15, 0.2) is 0 Å². The second kappa shape index (κ2) is 8.78. The zero-order chi connectivity index (χ0) is 18.2. The number of carbonyl (C=O) groups excluding carboxylic acids is 1. The van der Waals surface area contributed by atoms with Crippen LogP contribution in [0.2, 0.25) is 5.02 Å². The number of nitrogens with one attached hydrogen (secondary N) is 1. The van der Waals surface area contributed by atoms with Crippen LogP contribution in [0.4, 0.5) is 0 Å². The minimum absolute atomic E-state index is 0.309. The number of amides is 1. The first-order valence-electron chi connectivity index (χ1n) is 7.91. The Balaban J connectivity index is 1.52. The van der Waals surface area contributed by atoms with Crippen LogP contribution < -0.4 is 10.2 Å². The molecule has 26 heavy (non-hydrogen) atoms. The number of rotatable bonds is 6. The van der Waals surface area contributed by atoms with Crippen molar-refractivity contribution in [3.8, 4) is 5.75 Å². The fourth-order valence-electron chi connectivity index (χ4n) is 2.17. The van der Waals surface area contributed by atoms with E-state index in [0.29, 0.717) is 17.2 Å². The van der Waals surface area contributed by atoms with Crippen molar-refractivity contribution >= 4 is 23.7 Å². The van der Waals surface area contributed by atoms with Crippen LogP contribution in [0.5, 0.6) is 5.75 Å². The molecule has 1 N–H and O–H groups in total. The summed E-state index contributed by atoms with van der Waals surface area (Å²) in [5.74, 6) is 0.428. The van der Waals surface area contributed by atoms with E-state index < -0.39 is 0 Å². The number of aromatic nitrogens is 1. The van der Waals surface area contributed by atoms with Crippen molar-refractivity contribution in [1.29, 1.82) is 0 Å². The normalized spacial score (nSPS) is 10.7. The average molecular weight is 366 g/mol. The quantitative estimate of drug-likeness (QED) is 0.529. The molecule has 0 unspecified atom stereocenters. The molecule has 1 heterocycles. The lowest BCUT2D eigenvalue weighted by molar-refractivity contribution is 0.0955. The van der Waals surface area contributed by atoms with Crippen LogP contribution in [-0.4, -0.2) is 17.1 Å². The van der Waals surface area contributed by atoms with E-state index >= 15 is 0 Å². The van der Waals surface area contributed by atoms with Gasteiger partial charge in [0.2, 0.25) is 0 Å². The maximum absolute atomic E-state index is 11.8. The Hall–Kier alpha value is -3.18. The van der Waals surface area contributed by atoms with E-state index in [1.54, 1.807) is 24.5 Å².